The molecule has 29 heavy (non-hydrogen) atoms. The fourth-order valence-electron chi connectivity index (χ4n) is 3.11. The van der Waals surface area contributed by atoms with E-state index in [1.54, 1.807) is 12.1 Å². The summed E-state index contributed by atoms with van der Waals surface area (Å²) in [5, 5.41) is 0.653. The molecule has 1 aliphatic rings. The van der Waals surface area contributed by atoms with Gasteiger partial charge in [0.15, 0.2) is 5.65 Å². The van der Waals surface area contributed by atoms with Crippen LogP contribution in [0.3, 0.4) is 0 Å². The van der Waals surface area contributed by atoms with Gasteiger partial charge in [0, 0.05) is 37.4 Å². The summed E-state index contributed by atoms with van der Waals surface area (Å²) in [5.74, 6) is -5.98. The molecule has 2 aromatic heterocycles. The Kier molecular flexibility index (Phi) is 2.96. The molecule has 3 aromatic rings. The van der Waals surface area contributed by atoms with Crippen LogP contribution in [0, 0.1) is 5.89 Å². The van der Waals surface area contributed by atoms with Crippen LogP contribution in [0.4, 0.5) is 5.82 Å². The molecule has 0 spiro atoms. The third-order valence-corrected chi connectivity index (χ3v) is 4.56. The number of aromatic nitrogens is 2. The molecular weight excluding hydrogens is 386 g/mol. The number of carbonyl (C=O) groups is 2. The highest BCUT2D eigenvalue weighted by atomic mass is 35.5. The lowest BCUT2D eigenvalue weighted by Crippen LogP contribution is -2.30. The zero-order chi connectivity index (χ0) is 29.3. The van der Waals surface area contributed by atoms with Gasteiger partial charge in [-0.25, -0.2) is 9.97 Å². The monoisotopic (exact) mass is 417 g/mol. The summed E-state index contributed by atoms with van der Waals surface area (Å²) in [4.78, 5) is 36.4. The number of fused-ring (bicyclic) bond motifs is 2. The molecule has 1 amide bonds. The minimum atomic E-state index is -3.81. The molecule has 2 atom stereocenters. The van der Waals surface area contributed by atoms with Gasteiger partial charge in [-0.2, -0.15) is 0 Å². The maximum Gasteiger partial charge on any atom is 0.260 e. The van der Waals surface area contributed by atoms with Crippen LogP contribution in [-0.2, 0) is 4.79 Å². The van der Waals surface area contributed by atoms with Crippen molar-refractivity contribution in [3.63, 3.8) is 0 Å². The van der Waals surface area contributed by atoms with Crippen molar-refractivity contribution in [2.75, 3.05) is 4.90 Å². The minimum Gasteiger partial charge on any atom is -0.300 e. The summed E-state index contributed by atoms with van der Waals surface area (Å²) < 4.78 is 81.4. The largest absolute Gasteiger partial charge is 0.300 e. The molecule has 0 bridgehead atoms. The average Bonchev–Trinajstić information content (AvgIpc) is 3.15. The standard InChI is InChI=1S/C23H22ClN3O2/c1-14(2)7-10-16(28)13-19-17-5-3-4-6-18(17)23(29)27(19)21-12-9-15-8-11-20(24)25-22(15)26-21/h3-6,8-9,11-12,14,19H,7,10,13H2,1-2H3/i1D3,7D2,10D2,13D2,14D. The lowest BCUT2D eigenvalue weighted by Gasteiger charge is -2.24. The lowest BCUT2D eigenvalue weighted by molar-refractivity contribution is -0.119. The van der Waals surface area contributed by atoms with Crippen molar-refractivity contribution in [3.05, 3.63) is 64.8 Å². The highest BCUT2D eigenvalue weighted by molar-refractivity contribution is 6.29. The Morgan fingerprint density at radius 1 is 1.28 bits per heavy atom. The Morgan fingerprint density at radius 2 is 2.07 bits per heavy atom. The van der Waals surface area contributed by atoms with Crippen molar-refractivity contribution in [2.45, 2.75) is 38.9 Å². The third kappa shape index (κ3) is 3.87. The molecule has 6 heteroatoms. The van der Waals surface area contributed by atoms with Gasteiger partial charge in [0.2, 0.25) is 0 Å². The molecule has 4 rings (SSSR count). The van der Waals surface area contributed by atoms with Crippen LogP contribution in [0.15, 0.2) is 48.5 Å². The molecule has 1 aliphatic heterocycles. The lowest BCUT2D eigenvalue weighted by atomic mass is 9.97. The number of pyridine rings is 2. The van der Waals surface area contributed by atoms with Gasteiger partial charge in [0.05, 0.1) is 6.04 Å². The predicted octanol–water partition coefficient (Wildman–Crippen LogP) is 5.38. The highest BCUT2D eigenvalue weighted by Gasteiger charge is 2.39. The van der Waals surface area contributed by atoms with Gasteiger partial charge >= 0.3 is 0 Å². The maximum absolute atomic E-state index is 13.6. The first kappa shape index (κ1) is 10.8. The number of hydrogen-bond donors (Lipinski definition) is 0. The second kappa shape index (κ2) is 7.91. The number of hydrogen-bond acceptors (Lipinski definition) is 4. The molecule has 0 radical (unpaired) electrons. The molecule has 0 N–H and O–H groups in total. The zero-order valence-electron chi connectivity index (χ0n) is 25.2. The normalized spacial score (nSPS) is 25.0. The highest BCUT2D eigenvalue weighted by Crippen LogP contribution is 2.39. The molecule has 0 aliphatic carbocycles. The van der Waals surface area contributed by atoms with E-state index in [1.165, 1.54) is 36.4 Å². The van der Waals surface area contributed by atoms with Gasteiger partial charge in [0.25, 0.3) is 5.91 Å². The van der Waals surface area contributed by atoms with Gasteiger partial charge in [-0.1, -0.05) is 43.6 Å². The SMILES string of the molecule is [2H]C([2H])(C(=O)C([2H])([2H])C([2H])([2H])C([2H])(C)C([2H])([2H])[2H])C1c2ccccc2C(=O)N1c1ccc2ccc(Cl)nc2n1. The van der Waals surface area contributed by atoms with Crippen molar-refractivity contribution in [2.24, 2.45) is 5.89 Å². The molecule has 1 aromatic carbocycles. The van der Waals surface area contributed by atoms with E-state index in [0.29, 0.717) is 12.3 Å². The average molecular weight is 418 g/mol. The number of ketones is 1. The smallest absolute Gasteiger partial charge is 0.260 e. The number of anilines is 1. The van der Waals surface area contributed by atoms with E-state index in [-0.39, 0.29) is 27.7 Å². The van der Waals surface area contributed by atoms with Crippen LogP contribution >= 0.6 is 11.6 Å². The van der Waals surface area contributed by atoms with Crippen molar-refractivity contribution in [1.29, 1.82) is 0 Å². The molecule has 0 saturated heterocycles. The van der Waals surface area contributed by atoms with E-state index < -0.39 is 49.6 Å². The number of nitrogens with zero attached hydrogens (tertiary/aromatic N) is 3. The summed E-state index contributed by atoms with van der Waals surface area (Å²) in [6.45, 7) is -2.74. The van der Waals surface area contributed by atoms with Crippen LogP contribution in [0.2, 0.25) is 5.15 Å². The van der Waals surface area contributed by atoms with E-state index in [4.69, 9.17) is 25.3 Å². The Bertz CT molecular complexity index is 1490. The number of benzene rings is 1. The fourth-order valence-corrected chi connectivity index (χ4v) is 3.25. The first-order chi connectivity index (χ1) is 17.8. The van der Waals surface area contributed by atoms with Gasteiger partial charge < -0.3 is 0 Å². The predicted molar refractivity (Wildman–Crippen MR) is 114 cm³/mol. The van der Waals surface area contributed by atoms with E-state index in [1.807, 2.05) is 0 Å². The molecule has 0 fully saturated rings. The summed E-state index contributed by atoms with van der Waals surface area (Å²) in [6.07, 6.45) is -10.8. The molecule has 2 unspecified atom stereocenters. The van der Waals surface area contributed by atoms with Crippen LogP contribution < -0.4 is 4.90 Å². The number of rotatable bonds is 6. The van der Waals surface area contributed by atoms with Crippen molar-refractivity contribution >= 4 is 40.1 Å². The minimum absolute atomic E-state index is 0.0107. The van der Waals surface area contributed by atoms with Gasteiger partial charge in [-0.15, -0.1) is 0 Å². The summed E-state index contributed by atoms with van der Waals surface area (Å²) >= 11 is 5.97. The van der Waals surface area contributed by atoms with Crippen molar-refractivity contribution in [3.8, 4) is 0 Å². The Hall–Kier alpha value is -2.79. The van der Waals surface area contributed by atoms with Crippen LogP contribution in [-0.4, -0.2) is 21.7 Å². The Labute approximate surface area is 188 Å². The van der Waals surface area contributed by atoms with Gasteiger partial charge in [0.1, 0.15) is 16.8 Å². The Balaban J connectivity index is 1.88. The first-order valence-corrected chi connectivity index (χ1v) is 9.05. The topological polar surface area (TPSA) is 63.2 Å². The number of amides is 1. The van der Waals surface area contributed by atoms with E-state index >= 15 is 0 Å². The molecule has 148 valence electrons. The van der Waals surface area contributed by atoms with Crippen LogP contribution in [0.1, 0.15) is 68.6 Å². The number of carbonyl (C=O) groups excluding carboxylic acids is 2. The molecular formula is C23H22ClN3O2. The Morgan fingerprint density at radius 3 is 2.90 bits per heavy atom. The first-order valence-electron chi connectivity index (χ1n) is 13.7. The second-order valence-corrected chi connectivity index (χ2v) is 6.75. The number of halogens is 1. The van der Waals surface area contributed by atoms with Crippen LogP contribution in [0.5, 0.6) is 0 Å². The van der Waals surface area contributed by atoms with Crippen LogP contribution in [0.25, 0.3) is 11.0 Å². The maximum atomic E-state index is 13.6. The summed E-state index contributed by atoms with van der Waals surface area (Å²) in [7, 11) is 0. The van der Waals surface area contributed by atoms with E-state index in [2.05, 4.69) is 9.97 Å². The molecule has 3 heterocycles. The van der Waals surface area contributed by atoms with E-state index in [9.17, 15) is 9.59 Å². The second-order valence-electron chi connectivity index (χ2n) is 6.36. The van der Waals surface area contributed by atoms with Crippen molar-refractivity contribution < 1.29 is 23.3 Å². The molecule has 0 saturated carbocycles. The van der Waals surface area contributed by atoms with E-state index in [0.717, 1.165) is 4.90 Å². The summed E-state index contributed by atoms with van der Waals surface area (Å²) in [5.41, 5.74) is 0.142. The van der Waals surface area contributed by atoms with Gasteiger partial charge in [-0.05, 0) is 48.2 Å². The third-order valence-electron chi connectivity index (χ3n) is 4.34. The number of Topliss-reactive ketones (excluding diaryl/α,β-unsaturated/α-hetero) is 1. The van der Waals surface area contributed by atoms with Crippen molar-refractivity contribution in [1.82, 2.24) is 9.97 Å². The molecule has 5 nitrogen and oxygen atoms in total. The fraction of sp³-hybridized carbons (Fsp3) is 0.304. The quantitative estimate of drug-likeness (QED) is 0.505. The van der Waals surface area contributed by atoms with Gasteiger partial charge in [-0.3, -0.25) is 14.5 Å². The summed E-state index contributed by atoms with van der Waals surface area (Å²) in [6, 6.07) is 10.0. The zero-order valence-corrected chi connectivity index (χ0v) is 16.0.